The van der Waals surface area contributed by atoms with Crippen LogP contribution in [0.1, 0.15) is 48.9 Å². The summed E-state index contributed by atoms with van der Waals surface area (Å²) < 4.78 is 5.01. The van der Waals surface area contributed by atoms with E-state index in [1.165, 1.54) is 0 Å². The van der Waals surface area contributed by atoms with Crippen LogP contribution in [0, 0.1) is 0 Å². The average molecular weight is 262 g/mol. The van der Waals surface area contributed by atoms with Crippen molar-refractivity contribution in [2.24, 2.45) is 5.73 Å². The number of nitrogens with two attached hydrogens (primary N) is 1. The Morgan fingerprint density at radius 1 is 1.53 bits per heavy atom. The van der Waals surface area contributed by atoms with E-state index in [1.807, 2.05) is 0 Å². The fraction of sp³-hybridized carbons (Fsp3) is 0.636. The summed E-state index contributed by atoms with van der Waals surface area (Å²) in [6, 6.07) is 1.71. The van der Waals surface area contributed by atoms with Gasteiger partial charge in [0, 0.05) is 25.1 Å². The molecule has 0 fully saturated rings. The van der Waals surface area contributed by atoms with Crippen LogP contribution >= 0.6 is 12.4 Å². The number of nitrogens with zero attached hydrogens (tertiary/aromatic N) is 1. The number of amides is 1. The van der Waals surface area contributed by atoms with Gasteiger partial charge in [0.1, 0.15) is 0 Å². The minimum absolute atomic E-state index is 0. The van der Waals surface area contributed by atoms with Gasteiger partial charge in [-0.25, -0.2) is 0 Å². The maximum absolute atomic E-state index is 11.5. The monoisotopic (exact) mass is 261 g/mol. The lowest BCUT2D eigenvalue weighted by molar-refractivity contribution is 0.0918. The molecule has 0 spiro atoms. The van der Waals surface area contributed by atoms with Crippen LogP contribution in [-0.4, -0.2) is 24.2 Å². The number of carbonyl (C=O) groups is 1. The maximum Gasteiger partial charge on any atom is 0.289 e. The number of hydrogen-bond acceptors (Lipinski definition) is 4. The standard InChI is InChI=1S/C11H19N3O2.ClH/c1-3-8(4-2)9-7-10(16-14-9)11(15)13-6-5-12;/h7-8H,3-6,12H2,1-2H3,(H,13,15);1H. The van der Waals surface area contributed by atoms with Gasteiger partial charge in [-0.15, -0.1) is 12.4 Å². The molecule has 0 bridgehead atoms. The Labute approximate surface area is 108 Å². The van der Waals surface area contributed by atoms with Gasteiger partial charge in [0.05, 0.1) is 5.69 Å². The van der Waals surface area contributed by atoms with Crippen LogP contribution < -0.4 is 11.1 Å². The predicted molar refractivity (Wildman–Crippen MR) is 68.5 cm³/mol. The number of halogens is 1. The van der Waals surface area contributed by atoms with Crippen molar-refractivity contribution in [3.63, 3.8) is 0 Å². The van der Waals surface area contributed by atoms with Crippen molar-refractivity contribution < 1.29 is 9.32 Å². The van der Waals surface area contributed by atoms with Crippen LogP contribution in [-0.2, 0) is 0 Å². The van der Waals surface area contributed by atoms with Crippen molar-refractivity contribution in [1.29, 1.82) is 0 Å². The van der Waals surface area contributed by atoms with Crippen LogP contribution in [0.25, 0.3) is 0 Å². The van der Waals surface area contributed by atoms with E-state index in [4.69, 9.17) is 10.3 Å². The number of carbonyl (C=O) groups excluding carboxylic acids is 1. The molecule has 1 rings (SSSR count). The van der Waals surface area contributed by atoms with Gasteiger partial charge in [-0.1, -0.05) is 19.0 Å². The summed E-state index contributed by atoms with van der Waals surface area (Å²) in [6.45, 7) is 5.05. The lowest BCUT2D eigenvalue weighted by Crippen LogP contribution is -2.28. The van der Waals surface area contributed by atoms with Gasteiger partial charge >= 0.3 is 0 Å². The molecule has 3 N–H and O–H groups in total. The average Bonchev–Trinajstić information content (AvgIpc) is 2.77. The molecular formula is C11H20ClN3O2. The maximum atomic E-state index is 11.5. The Balaban J connectivity index is 0.00000256. The van der Waals surface area contributed by atoms with E-state index in [9.17, 15) is 4.79 Å². The molecule has 98 valence electrons. The third kappa shape index (κ3) is 4.36. The summed E-state index contributed by atoms with van der Waals surface area (Å²) in [5.41, 5.74) is 6.14. The van der Waals surface area contributed by atoms with Crippen molar-refractivity contribution in [3.05, 3.63) is 17.5 Å². The van der Waals surface area contributed by atoms with E-state index in [1.54, 1.807) is 6.07 Å². The second-order valence-corrected chi connectivity index (χ2v) is 3.67. The first kappa shape index (κ1) is 15.9. The van der Waals surface area contributed by atoms with E-state index >= 15 is 0 Å². The zero-order valence-corrected chi connectivity index (χ0v) is 11.0. The highest BCUT2D eigenvalue weighted by Crippen LogP contribution is 2.22. The first-order chi connectivity index (χ1) is 7.72. The highest BCUT2D eigenvalue weighted by Gasteiger charge is 2.16. The van der Waals surface area contributed by atoms with Gasteiger partial charge in [0.2, 0.25) is 5.76 Å². The highest BCUT2D eigenvalue weighted by atomic mass is 35.5. The lowest BCUT2D eigenvalue weighted by atomic mass is 9.99. The van der Waals surface area contributed by atoms with Gasteiger partial charge < -0.3 is 15.6 Å². The summed E-state index contributed by atoms with van der Waals surface area (Å²) >= 11 is 0. The van der Waals surface area contributed by atoms with Crippen molar-refractivity contribution in [2.45, 2.75) is 32.6 Å². The third-order valence-corrected chi connectivity index (χ3v) is 2.59. The van der Waals surface area contributed by atoms with Gasteiger partial charge in [-0.05, 0) is 12.8 Å². The van der Waals surface area contributed by atoms with Crippen LogP contribution in [0.2, 0.25) is 0 Å². The highest BCUT2D eigenvalue weighted by molar-refractivity contribution is 5.91. The van der Waals surface area contributed by atoms with E-state index in [2.05, 4.69) is 24.3 Å². The summed E-state index contributed by atoms with van der Waals surface area (Å²) in [5.74, 6) is 0.366. The number of rotatable bonds is 6. The van der Waals surface area contributed by atoms with Crippen molar-refractivity contribution in [2.75, 3.05) is 13.1 Å². The molecule has 17 heavy (non-hydrogen) atoms. The Morgan fingerprint density at radius 3 is 2.71 bits per heavy atom. The van der Waals surface area contributed by atoms with Crippen molar-refractivity contribution in [3.8, 4) is 0 Å². The zero-order valence-electron chi connectivity index (χ0n) is 10.2. The van der Waals surface area contributed by atoms with Crippen LogP contribution in [0.15, 0.2) is 10.6 Å². The lowest BCUT2D eigenvalue weighted by Gasteiger charge is -2.05. The predicted octanol–water partition coefficient (Wildman–Crippen LogP) is 1.69. The second kappa shape index (κ2) is 8.08. The molecule has 0 aliphatic carbocycles. The quantitative estimate of drug-likeness (QED) is 0.817. The van der Waals surface area contributed by atoms with E-state index in [-0.39, 0.29) is 24.1 Å². The molecule has 1 heterocycles. The smallest absolute Gasteiger partial charge is 0.289 e. The first-order valence-electron chi connectivity index (χ1n) is 5.67. The first-order valence-corrected chi connectivity index (χ1v) is 5.67. The Hall–Kier alpha value is -1.07. The fourth-order valence-corrected chi connectivity index (χ4v) is 1.57. The molecular weight excluding hydrogens is 242 g/mol. The topological polar surface area (TPSA) is 81.2 Å². The molecule has 0 aliphatic heterocycles. The third-order valence-electron chi connectivity index (χ3n) is 2.59. The molecule has 0 aromatic carbocycles. The van der Waals surface area contributed by atoms with Gasteiger partial charge in [0.15, 0.2) is 0 Å². The van der Waals surface area contributed by atoms with Crippen LogP contribution in [0.3, 0.4) is 0 Å². The Bertz CT molecular complexity index is 337. The SMILES string of the molecule is CCC(CC)c1cc(C(=O)NCCN)on1.Cl. The molecule has 1 aromatic rings. The summed E-state index contributed by atoms with van der Waals surface area (Å²) in [4.78, 5) is 11.5. The number of aromatic nitrogens is 1. The van der Waals surface area contributed by atoms with Crippen molar-refractivity contribution >= 4 is 18.3 Å². The molecule has 5 nitrogen and oxygen atoms in total. The largest absolute Gasteiger partial charge is 0.351 e. The molecule has 0 saturated heterocycles. The van der Waals surface area contributed by atoms with E-state index < -0.39 is 0 Å². The minimum Gasteiger partial charge on any atom is -0.351 e. The Morgan fingerprint density at radius 2 is 2.18 bits per heavy atom. The Kier molecular flexibility index (Phi) is 7.58. The fourth-order valence-electron chi connectivity index (χ4n) is 1.57. The molecule has 6 heteroatoms. The van der Waals surface area contributed by atoms with Gasteiger partial charge in [0.25, 0.3) is 5.91 Å². The summed E-state index contributed by atoms with van der Waals surface area (Å²) in [7, 11) is 0. The van der Waals surface area contributed by atoms with E-state index in [0.29, 0.717) is 19.0 Å². The number of nitrogens with one attached hydrogen (secondary N) is 1. The van der Waals surface area contributed by atoms with Crippen LogP contribution in [0.5, 0.6) is 0 Å². The van der Waals surface area contributed by atoms with Crippen molar-refractivity contribution in [1.82, 2.24) is 10.5 Å². The van der Waals surface area contributed by atoms with Gasteiger partial charge in [-0.2, -0.15) is 0 Å². The number of hydrogen-bond donors (Lipinski definition) is 2. The second-order valence-electron chi connectivity index (χ2n) is 3.67. The van der Waals surface area contributed by atoms with Crippen LogP contribution in [0.4, 0.5) is 0 Å². The molecule has 0 radical (unpaired) electrons. The van der Waals surface area contributed by atoms with E-state index in [0.717, 1.165) is 18.5 Å². The summed E-state index contributed by atoms with van der Waals surface area (Å²) in [6.07, 6.45) is 1.99. The molecule has 0 unspecified atom stereocenters. The van der Waals surface area contributed by atoms with Gasteiger partial charge in [-0.3, -0.25) is 4.79 Å². The molecule has 1 aromatic heterocycles. The normalized spacial score (nSPS) is 10.1. The summed E-state index contributed by atoms with van der Waals surface area (Å²) in [5, 5.41) is 6.56. The molecule has 0 saturated carbocycles. The molecule has 0 aliphatic rings. The molecule has 1 amide bonds. The molecule has 0 atom stereocenters. The minimum atomic E-state index is -0.254. The zero-order chi connectivity index (χ0) is 12.0.